The van der Waals surface area contributed by atoms with Crippen molar-refractivity contribution in [1.29, 1.82) is 0 Å². The molecule has 0 saturated carbocycles. The highest BCUT2D eigenvalue weighted by molar-refractivity contribution is 5.89. The molecule has 0 aromatic heterocycles. The van der Waals surface area contributed by atoms with Gasteiger partial charge in [-0.1, -0.05) is 24.3 Å². The predicted octanol–water partition coefficient (Wildman–Crippen LogP) is 3.34. The first-order valence-electron chi connectivity index (χ1n) is 8.90. The van der Waals surface area contributed by atoms with Crippen LogP contribution in [-0.2, 0) is 24.1 Å². The van der Waals surface area contributed by atoms with Crippen molar-refractivity contribution in [3.05, 3.63) is 59.2 Å². The summed E-state index contributed by atoms with van der Waals surface area (Å²) < 4.78 is 5.19. The predicted molar refractivity (Wildman–Crippen MR) is 101 cm³/mol. The third-order valence-electron chi connectivity index (χ3n) is 4.80. The molecule has 0 radical (unpaired) electrons. The minimum Gasteiger partial charge on any atom is -0.497 e. The minimum absolute atomic E-state index is 0.00635. The van der Waals surface area contributed by atoms with E-state index in [0.717, 1.165) is 43.7 Å². The Labute approximate surface area is 149 Å². The Bertz CT molecular complexity index is 725. The monoisotopic (exact) mass is 338 g/mol. The molecule has 2 N–H and O–H groups in total. The number of nitrogens with one attached hydrogen (secondary N) is 2. The first-order valence-corrected chi connectivity index (χ1v) is 8.90. The summed E-state index contributed by atoms with van der Waals surface area (Å²) >= 11 is 0. The molecule has 0 aliphatic heterocycles. The van der Waals surface area contributed by atoms with Crippen molar-refractivity contribution in [1.82, 2.24) is 5.32 Å². The van der Waals surface area contributed by atoms with Crippen molar-refractivity contribution in [2.24, 2.45) is 0 Å². The third kappa shape index (κ3) is 4.60. The molecule has 0 spiro atoms. The molecule has 25 heavy (non-hydrogen) atoms. The number of benzene rings is 2. The molecule has 1 amide bonds. The highest BCUT2D eigenvalue weighted by Gasteiger charge is 2.20. The maximum Gasteiger partial charge on any atom is 0.221 e. The van der Waals surface area contributed by atoms with Crippen LogP contribution in [0, 0.1) is 0 Å². The lowest BCUT2D eigenvalue weighted by Gasteiger charge is -2.27. The standard InChI is InChI=1S/C21H26N2O2/c1-15(24)23-21-5-3-4-17-14-18(8-11-20(17)21)22-13-12-16-6-9-19(25-2)10-7-16/h3-7,9-10,18,22H,8,11-14H2,1-2H3,(H,23,24). The highest BCUT2D eigenvalue weighted by atomic mass is 16.5. The van der Waals surface area contributed by atoms with Crippen LogP contribution < -0.4 is 15.4 Å². The van der Waals surface area contributed by atoms with E-state index in [-0.39, 0.29) is 5.91 Å². The van der Waals surface area contributed by atoms with Crippen LogP contribution in [0.15, 0.2) is 42.5 Å². The molecule has 2 aromatic rings. The summed E-state index contributed by atoms with van der Waals surface area (Å²) in [5.41, 5.74) is 4.93. The van der Waals surface area contributed by atoms with Crippen LogP contribution >= 0.6 is 0 Å². The van der Waals surface area contributed by atoms with Gasteiger partial charge in [-0.05, 0) is 67.1 Å². The Morgan fingerprint density at radius 3 is 2.72 bits per heavy atom. The Kier molecular flexibility index (Phi) is 5.71. The van der Waals surface area contributed by atoms with Crippen LogP contribution in [0.4, 0.5) is 5.69 Å². The van der Waals surface area contributed by atoms with Gasteiger partial charge < -0.3 is 15.4 Å². The van der Waals surface area contributed by atoms with Crippen molar-refractivity contribution < 1.29 is 9.53 Å². The fourth-order valence-electron chi connectivity index (χ4n) is 3.50. The van der Waals surface area contributed by atoms with Gasteiger partial charge in [0.1, 0.15) is 5.75 Å². The Morgan fingerprint density at radius 2 is 2.00 bits per heavy atom. The number of anilines is 1. The van der Waals surface area contributed by atoms with Gasteiger partial charge in [0.2, 0.25) is 5.91 Å². The minimum atomic E-state index is -0.00635. The van der Waals surface area contributed by atoms with Crippen molar-refractivity contribution in [2.45, 2.75) is 38.6 Å². The normalized spacial score (nSPS) is 16.2. The zero-order chi connectivity index (χ0) is 17.6. The third-order valence-corrected chi connectivity index (χ3v) is 4.80. The van der Waals surface area contributed by atoms with Gasteiger partial charge >= 0.3 is 0 Å². The van der Waals surface area contributed by atoms with E-state index in [0.29, 0.717) is 6.04 Å². The summed E-state index contributed by atoms with van der Waals surface area (Å²) in [6.07, 6.45) is 4.14. The van der Waals surface area contributed by atoms with Crippen molar-refractivity contribution in [3.8, 4) is 5.75 Å². The maximum atomic E-state index is 11.3. The zero-order valence-corrected chi connectivity index (χ0v) is 15.0. The average Bonchev–Trinajstić information content (AvgIpc) is 2.62. The number of hydrogen-bond acceptors (Lipinski definition) is 3. The molecule has 0 bridgehead atoms. The van der Waals surface area contributed by atoms with E-state index in [1.54, 1.807) is 14.0 Å². The maximum absolute atomic E-state index is 11.3. The number of amides is 1. The fraction of sp³-hybridized carbons (Fsp3) is 0.381. The molecular formula is C21H26N2O2. The van der Waals surface area contributed by atoms with Gasteiger partial charge in [0.15, 0.2) is 0 Å². The molecule has 1 aliphatic carbocycles. The average molecular weight is 338 g/mol. The number of ether oxygens (including phenoxy) is 1. The van der Waals surface area contributed by atoms with Crippen molar-refractivity contribution in [3.63, 3.8) is 0 Å². The summed E-state index contributed by atoms with van der Waals surface area (Å²) in [5, 5.41) is 6.63. The van der Waals surface area contributed by atoms with Crippen LogP contribution in [0.2, 0.25) is 0 Å². The van der Waals surface area contributed by atoms with Crippen molar-refractivity contribution >= 4 is 11.6 Å². The molecule has 0 saturated heterocycles. The van der Waals surface area contributed by atoms with Crippen molar-refractivity contribution in [2.75, 3.05) is 19.0 Å². The number of hydrogen-bond donors (Lipinski definition) is 2. The lowest BCUT2D eigenvalue weighted by atomic mass is 9.87. The van der Waals surface area contributed by atoms with E-state index in [1.165, 1.54) is 16.7 Å². The van der Waals surface area contributed by atoms with E-state index in [9.17, 15) is 4.79 Å². The molecule has 1 unspecified atom stereocenters. The van der Waals surface area contributed by atoms with E-state index < -0.39 is 0 Å². The van der Waals surface area contributed by atoms with Crippen LogP contribution in [0.25, 0.3) is 0 Å². The second-order valence-corrected chi connectivity index (χ2v) is 6.62. The first-order chi connectivity index (χ1) is 12.2. The second-order valence-electron chi connectivity index (χ2n) is 6.62. The van der Waals surface area contributed by atoms with Crippen LogP contribution in [0.5, 0.6) is 5.75 Å². The number of fused-ring (bicyclic) bond motifs is 1. The summed E-state index contributed by atoms with van der Waals surface area (Å²) in [6.45, 7) is 2.53. The van der Waals surface area contributed by atoms with E-state index >= 15 is 0 Å². The largest absolute Gasteiger partial charge is 0.497 e. The molecule has 0 heterocycles. The summed E-state index contributed by atoms with van der Waals surface area (Å²) in [5.74, 6) is 0.892. The first kappa shape index (κ1) is 17.5. The second kappa shape index (κ2) is 8.17. The van der Waals surface area contributed by atoms with Crippen LogP contribution in [0.1, 0.15) is 30.0 Å². The number of methoxy groups -OCH3 is 1. The smallest absolute Gasteiger partial charge is 0.221 e. The van der Waals surface area contributed by atoms with Crippen LogP contribution in [-0.4, -0.2) is 25.6 Å². The van der Waals surface area contributed by atoms with Gasteiger partial charge in [-0.25, -0.2) is 0 Å². The fourth-order valence-corrected chi connectivity index (χ4v) is 3.50. The molecule has 1 aliphatic rings. The molecule has 1 atom stereocenters. The molecular weight excluding hydrogens is 312 g/mol. The van der Waals surface area contributed by atoms with E-state index in [4.69, 9.17) is 4.74 Å². The van der Waals surface area contributed by atoms with E-state index in [2.05, 4.69) is 28.8 Å². The lowest BCUT2D eigenvalue weighted by Crippen LogP contribution is -2.36. The van der Waals surface area contributed by atoms with Gasteiger partial charge in [0, 0.05) is 18.7 Å². The molecule has 2 aromatic carbocycles. The van der Waals surface area contributed by atoms with Crippen LogP contribution in [0.3, 0.4) is 0 Å². The number of rotatable bonds is 6. The van der Waals surface area contributed by atoms with Gasteiger partial charge in [0.05, 0.1) is 7.11 Å². The number of carbonyl (C=O) groups excluding carboxylic acids is 1. The lowest BCUT2D eigenvalue weighted by molar-refractivity contribution is -0.114. The van der Waals surface area contributed by atoms with Gasteiger partial charge in [0.25, 0.3) is 0 Å². The summed E-state index contributed by atoms with van der Waals surface area (Å²) in [4.78, 5) is 11.3. The topological polar surface area (TPSA) is 50.4 Å². The zero-order valence-electron chi connectivity index (χ0n) is 15.0. The Balaban J connectivity index is 1.53. The Morgan fingerprint density at radius 1 is 1.20 bits per heavy atom. The van der Waals surface area contributed by atoms with Gasteiger partial charge in [-0.3, -0.25) is 4.79 Å². The van der Waals surface area contributed by atoms with Gasteiger partial charge in [-0.2, -0.15) is 0 Å². The molecule has 132 valence electrons. The summed E-state index contributed by atoms with van der Waals surface area (Å²) in [6, 6.07) is 15.0. The molecule has 3 rings (SSSR count). The Hall–Kier alpha value is -2.33. The molecule has 4 nitrogen and oxygen atoms in total. The molecule has 4 heteroatoms. The SMILES string of the molecule is COc1ccc(CCNC2CCc3c(cccc3NC(C)=O)C2)cc1. The summed E-state index contributed by atoms with van der Waals surface area (Å²) in [7, 11) is 1.69. The van der Waals surface area contributed by atoms with E-state index in [1.807, 2.05) is 24.3 Å². The number of carbonyl (C=O) groups is 1. The van der Waals surface area contributed by atoms with Gasteiger partial charge in [-0.15, -0.1) is 0 Å². The highest BCUT2D eigenvalue weighted by Crippen LogP contribution is 2.28. The quantitative estimate of drug-likeness (QED) is 0.849. The molecule has 0 fully saturated rings.